The lowest BCUT2D eigenvalue weighted by molar-refractivity contribution is -0.120. The lowest BCUT2D eigenvalue weighted by Gasteiger charge is -2.12. The Kier molecular flexibility index (Phi) is 4.77. The van der Waals surface area contributed by atoms with Crippen molar-refractivity contribution in [2.75, 3.05) is 6.54 Å². The third-order valence-electron chi connectivity index (χ3n) is 2.39. The van der Waals surface area contributed by atoms with Gasteiger partial charge in [0.1, 0.15) is 6.42 Å². The first-order chi connectivity index (χ1) is 6.83. The van der Waals surface area contributed by atoms with E-state index in [0.717, 1.165) is 6.42 Å². The summed E-state index contributed by atoms with van der Waals surface area (Å²) in [4.78, 5) is 10.9. The summed E-state index contributed by atoms with van der Waals surface area (Å²) < 4.78 is 0. The molecule has 1 rings (SSSR count). The third kappa shape index (κ3) is 4.08. The van der Waals surface area contributed by atoms with Gasteiger partial charge in [0.05, 0.1) is 6.07 Å². The van der Waals surface area contributed by atoms with Crippen molar-refractivity contribution >= 4 is 5.91 Å². The minimum Gasteiger partial charge on any atom is -0.355 e. The Bertz CT molecular complexity index is 263. The van der Waals surface area contributed by atoms with Gasteiger partial charge in [-0.25, -0.2) is 0 Å². The van der Waals surface area contributed by atoms with Gasteiger partial charge in [0.25, 0.3) is 0 Å². The van der Waals surface area contributed by atoms with Gasteiger partial charge < -0.3 is 5.32 Å². The normalized spacial score (nSPS) is 15.5. The van der Waals surface area contributed by atoms with Crippen molar-refractivity contribution in [2.24, 2.45) is 0 Å². The van der Waals surface area contributed by atoms with Crippen molar-refractivity contribution in [3.05, 3.63) is 11.6 Å². The molecule has 3 nitrogen and oxygen atoms in total. The fraction of sp³-hybridized carbons (Fsp3) is 0.636. The van der Waals surface area contributed by atoms with Crippen LogP contribution in [-0.2, 0) is 4.79 Å². The molecule has 14 heavy (non-hydrogen) atoms. The molecule has 1 aliphatic rings. The van der Waals surface area contributed by atoms with E-state index in [1.165, 1.54) is 31.3 Å². The Hall–Kier alpha value is -1.30. The van der Waals surface area contributed by atoms with Crippen LogP contribution in [-0.4, -0.2) is 12.5 Å². The highest BCUT2D eigenvalue weighted by atomic mass is 16.1. The number of carbonyl (C=O) groups excluding carboxylic acids is 1. The first kappa shape index (κ1) is 10.8. The van der Waals surface area contributed by atoms with Gasteiger partial charge in [-0.1, -0.05) is 11.6 Å². The van der Waals surface area contributed by atoms with E-state index < -0.39 is 0 Å². The van der Waals surface area contributed by atoms with Gasteiger partial charge in [0, 0.05) is 6.54 Å². The maximum absolute atomic E-state index is 10.9. The topological polar surface area (TPSA) is 52.9 Å². The number of hydrogen-bond donors (Lipinski definition) is 1. The van der Waals surface area contributed by atoms with Crippen LogP contribution >= 0.6 is 0 Å². The third-order valence-corrected chi connectivity index (χ3v) is 2.39. The van der Waals surface area contributed by atoms with Gasteiger partial charge in [0.15, 0.2) is 0 Å². The highest BCUT2D eigenvalue weighted by Gasteiger charge is 2.04. The molecule has 3 heteroatoms. The molecule has 0 unspecified atom stereocenters. The van der Waals surface area contributed by atoms with Crippen LogP contribution < -0.4 is 5.32 Å². The van der Waals surface area contributed by atoms with Gasteiger partial charge >= 0.3 is 0 Å². The van der Waals surface area contributed by atoms with E-state index in [-0.39, 0.29) is 12.3 Å². The Morgan fingerprint density at radius 3 is 3.07 bits per heavy atom. The maximum atomic E-state index is 10.9. The molecule has 0 fully saturated rings. The van der Waals surface area contributed by atoms with E-state index >= 15 is 0 Å². The van der Waals surface area contributed by atoms with Crippen LogP contribution in [0.4, 0.5) is 0 Å². The van der Waals surface area contributed by atoms with Crippen LogP contribution in [0.2, 0.25) is 0 Å². The van der Waals surface area contributed by atoms with E-state index in [1.807, 2.05) is 6.07 Å². The molecule has 0 aromatic carbocycles. The SMILES string of the molecule is N#CCC(=O)NCCC1=CCCCC1. The molecular formula is C11H16N2O. The minimum atomic E-state index is -0.163. The van der Waals surface area contributed by atoms with Gasteiger partial charge in [-0.05, 0) is 32.1 Å². The molecule has 0 radical (unpaired) electrons. The zero-order valence-corrected chi connectivity index (χ0v) is 8.38. The van der Waals surface area contributed by atoms with Crippen molar-refractivity contribution in [1.29, 1.82) is 5.26 Å². The lowest BCUT2D eigenvalue weighted by Crippen LogP contribution is -2.24. The first-order valence-corrected chi connectivity index (χ1v) is 5.14. The maximum Gasteiger partial charge on any atom is 0.234 e. The Labute approximate surface area is 84.8 Å². The summed E-state index contributed by atoms with van der Waals surface area (Å²) in [5, 5.41) is 11.0. The van der Waals surface area contributed by atoms with Crippen molar-refractivity contribution < 1.29 is 4.79 Å². The molecule has 1 amide bonds. The average Bonchev–Trinajstić information content (AvgIpc) is 2.20. The number of allylic oxidation sites excluding steroid dienone is 1. The van der Waals surface area contributed by atoms with Crippen LogP contribution in [0.25, 0.3) is 0 Å². The van der Waals surface area contributed by atoms with Crippen LogP contribution in [0, 0.1) is 11.3 Å². The number of nitrogens with one attached hydrogen (secondary N) is 1. The Balaban J connectivity index is 2.12. The molecule has 0 aromatic heterocycles. The minimum absolute atomic E-state index is 0.0287. The van der Waals surface area contributed by atoms with Gasteiger partial charge in [-0.3, -0.25) is 4.79 Å². The van der Waals surface area contributed by atoms with E-state index in [2.05, 4.69) is 11.4 Å². The molecule has 0 bridgehead atoms. The molecule has 0 atom stereocenters. The van der Waals surface area contributed by atoms with Crippen molar-refractivity contribution in [1.82, 2.24) is 5.32 Å². The zero-order valence-electron chi connectivity index (χ0n) is 8.38. The summed E-state index contributed by atoms with van der Waals surface area (Å²) in [6, 6.07) is 1.83. The summed E-state index contributed by atoms with van der Waals surface area (Å²) >= 11 is 0. The molecule has 1 N–H and O–H groups in total. The van der Waals surface area contributed by atoms with Gasteiger partial charge in [0.2, 0.25) is 5.91 Å². The molecule has 0 saturated carbocycles. The lowest BCUT2D eigenvalue weighted by atomic mass is 9.97. The van der Waals surface area contributed by atoms with Crippen molar-refractivity contribution in [3.63, 3.8) is 0 Å². The first-order valence-electron chi connectivity index (χ1n) is 5.14. The number of nitriles is 1. The van der Waals surface area contributed by atoms with Crippen LogP contribution in [0.5, 0.6) is 0 Å². The number of carbonyl (C=O) groups is 1. The number of nitrogens with zero attached hydrogens (tertiary/aromatic N) is 1. The molecule has 0 aromatic rings. The Morgan fingerprint density at radius 1 is 1.57 bits per heavy atom. The Morgan fingerprint density at radius 2 is 2.43 bits per heavy atom. The van der Waals surface area contributed by atoms with Gasteiger partial charge in [-0.2, -0.15) is 5.26 Å². The second-order valence-electron chi connectivity index (χ2n) is 3.54. The zero-order chi connectivity index (χ0) is 10.2. The average molecular weight is 192 g/mol. The smallest absolute Gasteiger partial charge is 0.234 e. The molecule has 0 saturated heterocycles. The second-order valence-corrected chi connectivity index (χ2v) is 3.54. The summed E-state index contributed by atoms with van der Waals surface area (Å²) in [5.41, 5.74) is 1.45. The number of amides is 1. The van der Waals surface area contributed by atoms with Crippen LogP contribution in [0.3, 0.4) is 0 Å². The van der Waals surface area contributed by atoms with Crippen LogP contribution in [0.15, 0.2) is 11.6 Å². The fourth-order valence-electron chi connectivity index (χ4n) is 1.63. The summed E-state index contributed by atoms with van der Waals surface area (Å²) in [7, 11) is 0. The monoisotopic (exact) mass is 192 g/mol. The highest BCUT2D eigenvalue weighted by Crippen LogP contribution is 2.19. The molecule has 76 valence electrons. The molecule has 1 aliphatic carbocycles. The molecular weight excluding hydrogens is 176 g/mol. The predicted octanol–water partition coefficient (Wildman–Crippen LogP) is 1.91. The van der Waals surface area contributed by atoms with Crippen molar-refractivity contribution in [3.8, 4) is 6.07 Å². The molecule has 0 heterocycles. The van der Waals surface area contributed by atoms with E-state index in [4.69, 9.17) is 5.26 Å². The van der Waals surface area contributed by atoms with E-state index in [0.29, 0.717) is 6.54 Å². The van der Waals surface area contributed by atoms with Crippen LogP contribution in [0.1, 0.15) is 38.5 Å². The largest absolute Gasteiger partial charge is 0.355 e. The summed E-state index contributed by atoms with van der Waals surface area (Å²) in [6.07, 6.45) is 8.12. The quantitative estimate of drug-likeness (QED) is 0.692. The van der Waals surface area contributed by atoms with E-state index in [1.54, 1.807) is 0 Å². The number of rotatable bonds is 4. The standard InChI is InChI=1S/C11H16N2O/c12-8-6-11(14)13-9-7-10-4-2-1-3-5-10/h4H,1-3,5-7,9H2,(H,13,14). The number of hydrogen-bond acceptors (Lipinski definition) is 2. The molecule has 0 spiro atoms. The summed E-state index contributed by atoms with van der Waals surface area (Å²) in [5.74, 6) is -0.163. The van der Waals surface area contributed by atoms with E-state index in [9.17, 15) is 4.79 Å². The second kappa shape index (κ2) is 6.20. The van der Waals surface area contributed by atoms with Crippen molar-refractivity contribution in [2.45, 2.75) is 38.5 Å². The highest BCUT2D eigenvalue weighted by molar-refractivity contribution is 5.77. The fourth-order valence-corrected chi connectivity index (χ4v) is 1.63. The predicted molar refractivity (Wildman–Crippen MR) is 54.4 cm³/mol. The molecule has 0 aliphatic heterocycles. The summed E-state index contributed by atoms with van der Waals surface area (Å²) in [6.45, 7) is 0.673. The van der Waals surface area contributed by atoms with Gasteiger partial charge in [-0.15, -0.1) is 0 Å².